The molecule has 1 aromatic carbocycles. The van der Waals surface area contributed by atoms with Gasteiger partial charge in [0.2, 0.25) is 0 Å². The van der Waals surface area contributed by atoms with Crippen LogP contribution in [0.3, 0.4) is 0 Å². The highest BCUT2D eigenvalue weighted by atomic mass is 16.5. The molecular weight excluding hydrogens is 540 g/mol. The molecule has 2 unspecified atom stereocenters. The van der Waals surface area contributed by atoms with Crippen molar-refractivity contribution in [1.29, 1.82) is 5.26 Å². The fraction of sp³-hybridized carbons (Fsp3) is 0.364. The molecule has 3 aliphatic rings. The van der Waals surface area contributed by atoms with Gasteiger partial charge < -0.3 is 24.5 Å². The van der Waals surface area contributed by atoms with Gasteiger partial charge in [-0.3, -0.25) is 4.79 Å². The highest BCUT2D eigenvalue weighted by Gasteiger charge is 2.47. The lowest BCUT2D eigenvalue weighted by Crippen LogP contribution is -2.41. The van der Waals surface area contributed by atoms with Gasteiger partial charge in [0, 0.05) is 54.9 Å². The summed E-state index contributed by atoms with van der Waals surface area (Å²) in [7, 11) is 3.63. The third kappa shape index (κ3) is 4.10. The van der Waals surface area contributed by atoms with Crippen molar-refractivity contribution in [1.82, 2.24) is 29.0 Å². The number of nitriles is 1. The summed E-state index contributed by atoms with van der Waals surface area (Å²) in [5.41, 5.74) is 12.4. The third-order valence-corrected chi connectivity index (χ3v) is 9.60. The average molecular weight is 573 g/mol. The highest BCUT2D eigenvalue weighted by molar-refractivity contribution is 6.00. The molecule has 216 valence electrons. The number of ether oxygens (including phenoxy) is 1. The van der Waals surface area contributed by atoms with Gasteiger partial charge in [0.15, 0.2) is 5.82 Å². The molecule has 5 aromatic rings. The van der Waals surface area contributed by atoms with E-state index in [0.717, 1.165) is 58.7 Å². The molecule has 8 rings (SSSR count). The SMILES string of the molecule is COc1cc(C(=O)N2CC3CCC2[C@@H]3N)cc2nc(-c3cc4ccc(-c5ccnc(C#N)c5)nc4n3CC3CC3)n(C)c12. The van der Waals surface area contributed by atoms with E-state index < -0.39 is 0 Å². The van der Waals surface area contributed by atoms with Crippen LogP contribution < -0.4 is 10.5 Å². The van der Waals surface area contributed by atoms with E-state index in [1.54, 1.807) is 19.4 Å². The number of benzene rings is 1. The average Bonchev–Trinajstić information content (AvgIpc) is 3.44. The van der Waals surface area contributed by atoms with E-state index >= 15 is 0 Å². The smallest absolute Gasteiger partial charge is 0.254 e. The van der Waals surface area contributed by atoms with E-state index in [9.17, 15) is 10.1 Å². The number of carbonyl (C=O) groups is 1. The van der Waals surface area contributed by atoms with Gasteiger partial charge in [-0.2, -0.15) is 5.26 Å². The zero-order valence-corrected chi connectivity index (χ0v) is 24.2. The molecule has 10 heteroatoms. The van der Waals surface area contributed by atoms with Crippen LogP contribution in [0.15, 0.2) is 48.7 Å². The number of aryl methyl sites for hydroxylation is 1. The van der Waals surface area contributed by atoms with E-state index in [1.165, 1.54) is 12.8 Å². The van der Waals surface area contributed by atoms with E-state index in [1.807, 2.05) is 36.2 Å². The molecule has 0 spiro atoms. The quantitative estimate of drug-likeness (QED) is 0.317. The third-order valence-electron chi connectivity index (χ3n) is 9.60. The Balaban J connectivity index is 1.24. The first-order valence-electron chi connectivity index (χ1n) is 14.9. The summed E-state index contributed by atoms with van der Waals surface area (Å²) in [6, 6.07) is 15.9. The zero-order chi connectivity index (χ0) is 29.4. The molecule has 43 heavy (non-hydrogen) atoms. The van der Waals surface area contributed by atoms with Crippen molar-refractivity contribution in [2.45, 2.75) is 44.3 Å². The Morgan fingerprint density at radius 2 is 1.98 bits per heavy atom. The van der Waals surface area contributed by atoms with Crippen molar-refractivity contribution < 1.29 is 9.53 Å². The zero-order valence-electron chi connectivity index (χ0n) is 24.2. The number of hydrogen-bond acceptors (Lipinski definition) is 7. The highest BCUT2D eigenvalue weighted by Crippen LogP contribution is 2.40. The number of likely N-dealkylation sites (tertiary alicyclic amines) is 1. The molecule has 2 bridgehead atoms. The topological polar surface area (TPSA) is 128 Å². The second-order valence-corrected chi connectivity index (χ2v) is 12.2. The number of imidazole rings is 1. The largest absolute Gasteiger partial charge is 0.494 e. The molecule has 4 aromatic heterocycles. The molecule has 3 atom stereocenters. The first-order valence-corrected chi connectivity index (χ1v) is 14.9. The number of fused-ring (bicyclic) bond motifs is 4. The van der Waals surface area contributed by atoms with Gasteiger partial charge in [-0.15, -0.1) is 0 Å². The number of rotatable bonds is 6. The fourth-order valence-electron chi connectivity index (χ4n) is 7.13. The van der Waals surface area contributed by atoms with Crippen molar-refractivity contribution in [3.8, 4) is 34.6 Å². The minimum atomic E-state index is -0.00898. The van der Waals surface area contributed by atoms with Gasteiger partial charge in [-0.25, -0.2) is 15.0 Å². The lowest BCUT2D eigenvalue weighted by molar-refractivity contribution is 0.0700. The van der Waals surface area contributed by atoms with Gasteiger partial charge in [0.25, 0.3) is 5.91 Å². The van der Waals surface area contributed by atoms with Crippen molar-refractivity contribution in [3.05, 3.63) is 59.9 Å². The molecule has 5 heterocycles. The maximum atomic E-state index is 13.7. The molecular formula is C33H32N8O2. The Kier molecular flexibility index (Phi) is 5.81. The van der Waals surface area contributed by atoms with Gasteiger partial charge in [0.05, 0.1) is 24.0 Å². The van der Waals surface area contributed by atoms with E-state index in [4.69, 9.17) is 20.4 Å². The molecule has 3 fully saturated rings. The van der Waals surface area contributed by atoms with Gasteiger partial charge >= 0.3 is 0 Å². The Hall–Kier alpha value is -4.75. The Labute approximate surface area is 248 Å². The molecule has 2 N–H and O–H groups in total. The number of nitrogens with two attached hydrogens (primary N) is 1. The number of amides is 1. The summed E-state index contributed by atoms with van der Waals surface area (Å²) in [6.45, 7) is 1.56. The number of hydrogen-bond donors (Lipinski definition) is 1. The van der Waals surface area contributed by atoms with Gasteiger partial charge in [-0.1, -0.05) is 0 Å². The van der Waals surface area contributed by atoms with E-state index in [-0.39, 0.29) is 18.0 Å². The van der Waals surface area contributed by atoms with Gasteiger partial charge in [-0.05, 0) is 80.0 Å². The van der Waals surface area contributed by atoms with Crippen molar-refractivity contribution >= 4 is 28.0 Å². The minimum Gasteiger partial charge on any atom is -0.494 e. The number of methoxy groups -OCH3 is 1. The molecule has 0 radical (unpaired) electrons. The normalized spacial score (nSPS) is 21.2. The van der Waals surface area contributed by atoms with Crippen LogP contribution in [0.4, 0.5) is 0 Å². The number of piperidine rings is 1. The van der Waals surface area contributed by atoms with Crippen LogP contribution in [-0.4, -0.2) is 60.6 Å². The summed E-state index contributed by atoms with van der Waals surface area (Å²) in [5, 5.41) is 10.4. The predicted octanol–water partition coefficient (Wildman–Crippen LogP) is 4.50. The summed E-state index contributed by atoms with van der Waals surface area (Å²) in [6.07, 6.45) is 6.09. The minimum absolute atomic E-state index is 0.00898. The Bertz CT molecular complexity index is 1980. The lowest BCUT2D eigenvalue weighted by atomic mass is 10.1. The maximum absolute atomic E-state index is 13.7. The molecule has 1 aliphatic heterocycles. The number of nitrogens with zero attached hydrogens (tertiary/aromatic N) is 7. The van der Waals surface area contributed by atoms with Crippen LogP contribution in [0.1, 0.15) is 41.7 Å². The van der Waals surface area contributed by atoms with Crippen LogP contribution in [0.5, 0.6) is 5.75 Å². The summed E-state index contributed by atoms with van der Waals surface area (Å²) < 4.78 is 10.2. The summed E-state index contributed by atoms with van der Waals surface area (Å²) in [5.74, 6) is 2.38. The van der Waals surface area contributed by atoms with Crippen LogP contribution in [0.25, 0.3) is 44.8 Å². The van der Waals surface area contributed by atoms with Crippen LogP contribution in [0, 0.1) is 23.2 Å². The lowest BCUT2D eigenvalue weighted by Gasteiger charge is -2.27. The number of aromatic nitrogens is 5. The molecule has 1 saturated heterocycles. The first kappa shape index (κ1) is 25.9. The monoisotopic (exact) mass is 572 g/mol. The first-order chi connectivity index (χ1) is 20.9. The molecule has 1 amide bonds. The second kappa shape index (κ2) is 9.64. The second-order valence-electron chi connectivity index (χ2n) is 12.2. The van der Waals surface area contributed by atoms with Crippen LogP contribution in [0.2, 0.25) is 0 Å². The van der Waals surface area contributed by atoms with Crippen molar-refractivity contribution in [3.63, 3.8) is 0 Å². The molecule has 2 aliphatic carbocycles. The van der Waals surface area contributed by atoms with Gasteiger partial charge in [0.1, 0.15) is 28.7 Å². The molecule has 10 nitrogen and oxygen atoms in total. The van der Waals surface area contributed by atoms with Crippen molar-refractivity contribution in [2.75, 3.05) is 13.7 Å². The van der Waals surface area contributed by atoms with E-state index in [0.29, 0.717) is 40.9 Å². The summed E-state index contributed by atoms with van der Waals surface area (Å²) >= 11 is 0. The number of pyridine rings is 2. The Morgan fingerprint density at radius 3 is 2.70 bits per heavy atom. The summed E-state index contributed by atoms with van der Waals surface area (Å²) in [4.78, 5) is 29.9. The maximum Gasteiger partial charge on any atom is 0.254 e. The Morgan fingerprint density at radius 1 is 1.12 bits per heavy atom. The van der Waals surface area contributed by atoms with Crippen LogP contribution in [-0.2, 0) is 13.6 Å². The van der Waals surface area contributed by atoms with Crippen molar-refractivity contribution in [2.24, 2.45) is 24.6 Å². The van der Waals surface area contributed by atoms with Crippen LogP contribution >= 0.6 is 0 Å². The molecule has 2 saturated carbocycles. The number of carbonyl (C=O) groups excluding carboxylic acids is 1. The van der Waals surface area contributed by atoms with E-state index in [2.05, 4.69) is 32.3 Å². The fourth-order valence-corrected chi connectivity index (χ4v) is 7.13. The standard InChI is InChI=1S/C33H32N8O2/c1-39-30-25(12-22(14-28(30)43-2)33(42)41-17-21-6-8-26(41)29(21)35)38-32(39)27-13-20-5-7-24(19-9-10-36-23(11-19)15-34)37-31(20)40(27)16-18-3-4-18/h5,7,9-14,18,21,26,29H,3-4,6,8,16-17,35H2,1-2H3/t21?,26?,29-/m1/s1. The predicted molar refractivity (Wildman–Crippen MR) is 162 cm³/mol.